The van der Waals surface area contributed by atoms with Crippen LogP contribution < -0.4 is 0 Å². The van der Waals surface area contributed by atoms with Crippen molar-refractivity contribution >= 4 is 5.91 Å². The van der Waals surface area contributed by atoms with E-state index in [9.17, 15) is 4.79 Å². The normalized spacial score (nSPS) is 29.2. The van der Waals surface area contributed by atoms with Crippen molar-refractivity contribution in [1.29, 1.82) is 0 Å². The molecule has 5 nitrogen and oxygen atoms in total. The van der Waals surface area contributed by atoms with Crippen LogP contribution in [0.25, 0.3) is 0 Å². The Morgan fingerprint density at radius 2 is 2.23 bits per heavy atom. The van der Waals surface area contributed by atoms with Crippen molar-refractivity contribution in [3.63, 3.8) is 0 Å². The average molecular weight is 301 g/mol. The van der Waals surface area contributed by atoms with Gasteiger partial charge >= 0.3 is 0 Å². The van der Waals surface area contributed by atoms with Crippen LogP contribution in [0, 0.1) is 5.92 Å². The zero-order valence-electron chi connectivity index (χ0n) is 12.9. The second-order valence-corrected chi connectivity index (χ2v) is 6.70. The maximum absolute atomic E-state index is 12.6. The third kappa shape index (κ3) is 2.88. The Bertz CT molecular complexity index is 532. The van der Waals surface area contributed by atoms with Crippen LogP contribution in [0.1, 0.15) is 29.6 Å². The second-order valence-electron chi connectivity index (χ2n) is 6.70. The van der Waals surface area contributed by atoms with Gasteiger partial charge in [-0.05, 0) is 37.3 Å². The minimum Gasteiger partial charge on any atom is -0.375 e. The molecule has 2 aliphatic heterocycles. The molecule has 2 saturated heterocycles. The number of aromatic nitrogens is 1. The SMILES string of the molecule is O=C(c1cccnc1)N1CC[C@@H]2OCCN(CC3CC3)[C@H]2C1. The van der Waals surface area contributed by atoms with Crippen molar-refractivity contribution in [2.75, 3.05) is 32.8 Å². The number of likely N-dealkylation sites (tertiary alicyclic amines) is 1. The van der Waals surface area contributed by atoms with Gasteiger partial charge in [0, 0.05) is 38.6 Å². The first-order chi connectivity index (χ1) is 10.8. The molecule has 118 valence electrons. The van der Waals surface area contributed by atoms with E-state index < -0.39 is 0 Å². The van der Waals surface area contributed by atoms with E-state index in [-0.39, 0.29) is 5.91 Å². The van der Waals surface area contributed by atoms with Crippen molar-refractivity contribution in [2.24, 2.45) is 5.92 Å². The van der Waals surface area contributed by atoms with Crippen LogP contribution in [0.5, 0.6) is 0 Å². The van der Waals surface area contributed by atoms with Gasteiger partial charge < -0.3 is 9.64 Å². The van der Waals surface area contributed by atoms with Gasteiger partial charge in [0.2, 0.25) is 0 Å². The van der Waals surface area contributed by atoms with E-state index in [2.05, 4.69) is 9.88 Å². The fourth-order valence-electron chi connectivity index (χ4n) is 3.66. The van der Waals surface area contributed by atoms with Gasteiger partial charge in [-0.3, -0.25) is 14.7 Å². The molecule has 3 heterocycles. The number of pyridine rings is 1. The van der Waals surface area contributed by atoms with Crippen molar-refractivity contribution < 1.29 is 9.53 Å². The number of ether oxygens (including phenoxy) is 1. The molecule has 0 spiro atoms. The number of hydrogen-bond acceptors (Lipinski definition) is 4. The summed E-state index contributed by atoms with van der Waals surface area (Å²) < 4.78 is 5.96. The lowest BCUT2D eigenvalue weighted by Crippen LogP contribution is -2.61. The molecule has 5 heteroatoms. The van der Waals surface area contributed by atoms with Crippen molar-refractivity contribution in [3.8, 4) is 0 Å². The number of hydrogen-bond donors (Lipinski definition) is 0. The molecule has 1 aromatic heterocycles. The summed E-state index contributed by atoms with van der Waals surface area (Å²) in [4.78, 5) is 21.2. The van der Waals surface area contributed by atoms with Crippen LogP contribution in [0.3, 0.4) is 0 Å². The van der Waals surface area contributed by atoms with E-state index >= 15 is 0 Å². The maximum atomic E-state index is 12.6. The van der Waals surface area contributed by atoms with Crippen LogP contribution in [-0.2, 0) is 4.74 Å². The molecule has 2 atom stereocenters. The molecule has 0 bridgehead atoms. The lowest BCUT2D eigenvalue weighted by atomic mass is 9.97. The predicted octanol–water partition coefficient (Wildman–Crippen LogP) is 1.41. The van der Waals surface area contributed by atoms with Gasteiger partial charge in [0.15, 0.2) is 0 Å². The Morgan fingerprint density at radius 3 is 3.00 bits per heavy atom. The van der Waals surface area contributed by atoms with E-state index in [4.69, 9.17) is 4.74 Å². The third-order valence-corrected chi connectivity index (χ3v) is 5.08. The predicted molar refractivity (Wildman–Crippen MR) is 82.6 cm³/mol. The number of amides is 1. The summed E-state index contributed by atoms with van der Waals surface area (Å²) in [5, 5.41) is 0. The Balaban J connectivity index is 1.46. The van der Waals surface area contributed by atoms with E-state index in [1.54, 1.807) is 12.4 Å². The zero-order valence-corrected chi connectivity index (χ0v) is 12.9. The van der Waals surface area contributed by atoms with Crippen LogP contribution in [0.4, 0.5) is 0 Å². The zero-order chi connectivity index (χ0) is 14.9. The molecule has 0 unspecified atom stereocenters. The Kier molecular flexibility index (Phi) is 3.84. The summed E-state index contributed by atoms with van der Waals surface area (Å²) in [6, 6.07) is 4.04. The molecule has 4 rings (SSSR count). The third-order valence-electron chi connectivity index (χ3n) is 5.08. The van der Waals surface area contributed by atoms with Gasteiger partial charge in [-0.1, -0.05) is 0 Å². The number of carbonyl (C=O) groups excluding carboxylic acids is 1. The Morgan fingerprint density at radius 1 is 1.32 bits per heavy atom. The lowest BCUT2D eigenvalue weighted by molar-refractivity contribution is -0.0989. The first-order valence-electron chi connectivity index (χ1n) is 8.36. The molecule has 3 fully saturated rings. The average Bonchev–Trinajstić information content (AvgIpc) is 3.39. The molecule has 1 saturated carbocycles. The topological polar surface area (TPSA) is 45.7 Å². The molecule has 3 aliphatic rings. The number of carbonyl (C=O) groups is 1. The monoisotopic (exact) mass is 301 g/mol. The molecule has 22 heavy (non-hydrogen) atoms. The van der Waals surface area contributed by atoms with Gasteiger partial charge in [-0.2, -0.15) is 0 Å². The van der Waals surface area contributed by atoms with E-state index in [1.807, 2.05) is 17.0 Å². The largest absolute Gasteiger partial charge is 0.375 e. The van der Waals surface area contributed by atoms with Crippen molar-refractivity contribution in [2.45, 2.75) is 31.4 Å². The van der Waals surface area contributed by atoms with Crippen LogP contribution in [0.2, 0.25) is 0 Å². The summed E-state index contributed by atoms with van der Waals surface area (Å²) in [5.41, 5.74) is 0.687. The molecule has 1 amide bonds. The highest BCUT2D eigenvalue weighted by molar-refractivity contribution is 5.94. The standard InChI is InChI=1S/C17H23N3O2/c21-17(14-2-1-6-18-10-14)20-7-5-16-15(12-20)19(8-9-22-16)11-13-3-4-13/h1-2,6,10,13,15-16H,3-5,7-9,11-12H2/t15-,16-/m0/s1. The van der Waals surface area contributed by atoms with Gasteiger partial charge in [0.25, 0.3) is 5.91 Å². The first-order valence-corrected chi connectivity index (χ1v) is 8.36. The smallest absolute Gasteiger partial charge is 0.255 e. The fraction of sp³-hybridized carbons (Fsp3) is 0.647. The van der Waals surface area contributed by atoms with Gasteiger partial charge in [-0.15, -0.1) is 0 Å². The molecule has 0 aromatic carbocycles. The molecule has 1 aromatic rings. The highest BCUT2D eigenvalue weighted by Gasteiger charge is 2.40. The maximum Gasteiger partial charge on any atom is 0.255 e. The lowest BCUT2D eigenvalue weighted by Gasteiger charge is -2.47. The second kappa shape index (κ2) is 5.97. The summed E-state index contributed by atoms with van der Waals surface area (Å²) in [6.07, 6.45) is 7.34. The van der Waals surface area contributed by atoms with E-state index in [0.717, 1.165) is 38.6 Å². The quantitative estimate of drug-likeness (QED) is 0.847. The van der Waals surface area contributed by atoms with Gasteiger partial charge in [0.05, 0.1) is 24.3 Å². The Hall–Kier alpha value is -1.46. The molecule has 0 N–H and O–H groups in total. The molecular formula is C17H23N3O2. The minimum atomic E-state index is 0.100. The first kappa shape index (κ1) is 14.2. The van der Waals surface area contributed by atoms with E-state index in [0.29, 0.717) is 17.7 Å². The fourth-order valence-corrected chi connectivity index (χ4v) is 3.66. The van der Waals surface area contributed by atoms with Crippen LogP contribution >= 0.6 is 0 Å². The number of fused-ring (bicyclic) bond motifs is 1. The summed E-state index contributed by atoms with van der Waals surface area (Å²) >= 11 is 0. The summed E-state index contributed by atoms with van der Waals surface area (Å²) in [6.45, 7) is 4.59. The minimum absolute atomic E-state index is 0.100. The Labute approximate surface area is 131 Å². The van der Waals surface area contributed by atoms with Crippen molar-refractivity contribution in [1.82, 2.24) is 14.8 Å². The number of piperidine rings is 1. The molecule has 0 radical (unpaired) electrons. The van der Waals surface area contributed by atoms with Gasteiger partial charge in [0.1, 0.15) is 0 Å². The summed E-state index contributed by atoms with van der Waals surface area (Å²) in [5.74, 6) is 0.978. The molecule has 1 aliphatic carbocycles. The number of nitrogens with zero attached hydrogens (tertiary/aromatic N) is 3. The highest BCUT2D eigenvalue weighted by Crippen LogP contribution is 2.33. The number of rotatable bonds is 3. The highest BCUT2D eigenvalue weighted by atomic mass is 16.5. The van der Waals surface area contributed by atoms with Crippen LogP contribution in [-0.4, -0.2) is 65.6 Å². The van der Waals surface area contributed by atoms with Crippen molar-refractivity contribution in [3.05, 3.63) is 30.1 Å². The molecular weight excluding hydrogens is 278 g/mol. The van der Waals surface area contributed by atoms with E-state index in [1.165, 1.54) is 19.4 Å². The van der Waals surface area contributed by atoms with Gasteiger partial charge in [-0.25, -0.2) is 0 Å². The van der Waals surface area contributed by atoms with Crippen LogP contribution in [0.15, 0.2) is 24.5 Å². The number of morpholine rings is 1. The summed E-state index contributed by atoms with van der Waals surface area (Å²) in [7, 11) is 0.